The SMILES string of the molecule is Nc1cn[nH]c1-c1ncc[nH]1. The first-order chi connectivity index (χ1) is 5.38. The normalized spacial score (nSPS) is 10.2. The first-order valence-corrected chi connectivity index (χ1v) is 3.16. The van der Waals surface area contributed by atoms with Gasteiger partial charge < -0.3 is 10.7 Å². The summed E-state index contributed by atoms with van der Waals surface area (Å²) in [5, 5.41) is 6.51. The van der Waals surface area contributed by atoms with Crippen molar-refractivity contribution in [3.05, 3.63) is 18.6 Å². The summed E-state index contributed by atoms with van der Waals surface area (Å²) in [6, 6.07) is 0. The second kappa shape index (κ2) is 2.12. The lowest BCUT2D eigenvalue weighted by Gasteiger charge is -1.90. The molecule has 2 rings (SSSR count). The largest absolute Gasteiger partial charge is 0.396 e. The van der Waals surface area contributed by atoms with Crippen LogP contribution in [0, 0.1) is 0 Å². The number of nitrogen functional groups attached to an aromatic ring is 1. The summed E-state index contributed by atoms with van der Waals surface area (Å²) in [6.07, 6.45) is 4.95. The first-order valence-electron chi connectivity index (χ1n) is 3.16. The average Bonchev–Trinajstić information content (AvgIpc) is 2.55. The second-order valence-electron chi connectivity index (χ2n) is 2.14. The van der Waals surface area contributed by atoms with Crippen molar-refractivity contribution >= 4 is 5.69 Å². The van der Waals surface area contributed by atoms with Crippen LogP contribution >= 0.6 is 0 Å². The maximum Gasteiger partial charge on any atom is 0.157 e. The van der Waals surface area contributed by atoms with Gasteiger partial charge in [-0.05, 0) is 0 Å². The molecule has 0 fully saturated rings. The number of anilines is 1. The van der Waals surface area contributed by atoms with Gasteiger partial charge in [-0.15, -0.1) is 0 Å². The van der Waals surface area contributed by atoms with Crippen molar-refractivity contribution in [1.82, 2.24) is 20.2 Å². The molecule has 0 amide bonds. The van der Waals surface area contributed by atoms with E-state index in [0.29, 0.717) is 11.5 Å². The molecule has 2 aromatic rings. The summed E-state index contributed by atoms with van der Waals surface area (Å²) in [5.74, 6) is 0.708. The lowest BCUT2D eigenvalue weighted by molar-refractivity contribution is 1.08. The second-order valence-corrected chi connectivity index (χ2v) is 2.14. The summed E-state index contributed by atoms with van der Waals surface area (Å²) in [4.78, 5) is 6.93. The number of imidazole rings is 1. The number of rotatable bonds is 1. The third kappa shape index (κ3) is 0.861. The Kier molecular flexibility index (Phi) is 1.15. The van der Waals surface area contributed by atoms with E-state index in [2.05, 4.69) is 20.2 Å². The van der Waals surface area contributed by atoms with Crippen LogP contribution in [0.5, 0.6) is 0 Å². The van der Waals surface area contributed by atoms with Crippen LogP contribution < -0.4 is 5.73 Å². The van der Waals surface area contributed by atoms with E-state index in [9.17, 15) is 0 Å². The molecule has 0 atom stereocenters. The average molecular weight is 149 g/mol. The fraction of sp³-hybridized carbons (Fsp3) is 0. The van der Waals surface area contributed by atoms with E-state index >= 15 is 0 Å². The van der Waals surface area contributed by atoms with Gasteiger partial charge in [0.25, 0.3) is 0 Å². The van der Waals surface area contributed by atoms with E-state index in [0.717, 1.165) is 5.69 Å². The summed E-state index contributed by atoms with van der Waals surface area (Å²) < 4.78 is 0. The molecule has 56 valence electrons. The van der Waals surface area contributed by atoms with Crippen LogP contribution in [0.4, 0.5) is 5.69 Å². The zero-order valence-electron chi connectivity index (χ0n) is 5.70. The Morgan fingerprint density at radius 1 is 1.45 bits per heavy atom. The molecule has 2 aromatic heterocycles. The van der Waals surface area contributed by atoms with E-state index in [1.54, 1.807) is 18.6 Å². The van der Waals surface area contributed by atoms with Crippen molar-refractivity contribution in [3.8, 4) is 11.5 Å². The molecule has 0 aliphatic heterocycles. The van der Waals surface area contributed by atoms with E-state index in [1.807, 2.05) is 0 Å². The van der Waals surface area contributed by atoms with Crippen molar-refractivity contribution in [2.45, 2.75) is 0 Å². The Labute approximate surface area is 62.7 Å². The zero-order valence-corrected chi connectivity index (χ0v) is 5.70. The minimum absolute atomic E-state index is 0.597. The van der Waals surface area contributed by atoms with Gasteiger partial charge in [0.05, 0.1) is 11.9 Å². The van der Waals surface area contributed by atoms with Gasteiger partial charge in [-0.2, -0.15) is 5.10 Å². The molecular formula is C6H7N5. The van der Waals surface area contributed by atoms with E-state index in [4.69, 9.17) is 5.73 Å². The maximum atomic E-state index is 5.58. The molecule has 0 aliphatic carbocycles. The molecule has 0 aromatic carbocycles. The Morgan fingerprint density at radius 3 is 2.91 bits per heavy atom. The zero-order chi connectivity index (χ0) is 7.68. The van der Waals surface area contributed by atoms with Crippen LogP contribution in [0.1, 0.15) is 0 Å². The van der Waals surface area contributed by atoms with Crippen LogP contribution in [0.15, 0.2) is 18.6 Å². The molecule has 5 nitrogen and oxygen atoms in total. The van der Waals surface area contributed by atoms with Crippen molar-refractivity contribution < 1.29 is 0 Å². The predicted molar refractivity (Wildman–Crippen MR) is 40.6 cm³/mol. The number of aromatic nitrogens is 4. The molecule has 0 aliphatic rings. The quantitative estimate of drug-likeness (QED) is 0.548. The van der Waals surface area contributed by atoms with Gasteiger partial charge in [0.1, 0.15) is 5.69 Å². The third-order valence-corrected chi connectivity index (χ3v) is 1.40. The first kappa shape index (κ1) is 5.96. The van der Waals surface area contributed by atoms with Crippen LogP contribution in [0.3, 0.4) is 0 Å². The van der Waals surface area contributed by atoms with Crippen LogP contribution in [-0.4, -0.2) is 20.2 Å². The number of H-pyrrole nitrogens is 2. The van der Waals surface area contributed by atoms with Crippen molar-refractivity contribution in [2.24, 2.45) is 0 Å². The standard InChI is InChI=1S/C6H7N5/c7-4-3-10-11-5(4)6-8-1-2-9-6/h1-3H,7H2,(H,8,9)(H,10,11). The lowest BCUT2D eigenvalue weighted by Crippen LogP contribution is -1.87. The molecule has 0 spiro atoms. The Bertz CT molecular complexity index is 333. The lowest BCUT2D eigenvalue weighted by atomic mass is 10.4. The van der Waals surface area contributed by atoms with Crippen molar-refractivity contribution in [1.29, 1.82) is 0 Å². The van der Waals surface area contributed by atoms with Crippen molar-refractivity contribution in [3.63, 3.8) is 0 Å². The topological polar surface area (TPSA) is 83.4 Å². The van der Waals surface area contributed by atoms with Gasteiger partial charge in [0.15, 0.2) is 5.82 Å². The van der Waals surface area contributed by atoms with Crippen LogP contribution in [0.25, 0.3) is 11.5 Å². The molecule has 4 N–H and O–H groups in total. The maximum absolute atomic E-state index is 5.58. The fourth-order valence-electron chi connectivity index (χ4n) is 0.887. The Morgan fingerprint density at radius 2 is 2.36 bits per heavy atom. The van der Waals surface area contributed by atoms with E-state index in [-0.39, 0.29) is 0 Å². The molecule has 0 radical (unpaired) electrons. The molecular weight excluding hydrogens is 142 g/mol. The highest BCUT2D eigenvalue weighted by atomic mass is 15.1. The van der Waals surface area contributed by atoms with Crippen LogP contribution in [0.2, 0.25) is 0 Å². The van der Waals surface area contributed by atoms with Gasteiger partial charge in [0, 0.05) is 12.4 Å². The highest BCUT2D eigenvalue weighted by Crippen LogP contribution is 2.17. The predicted octanol–water partition coefficient (Wildman–Crippen LogP) is 0.382. The third-order valence-electron chi connectivity index (χ3n) is 1.40. The Balaban J connectivity index is 2.53. The number of nitrogens with two attached hydrogens (primary N) is 1. The number of hydrogen-bond donors (Lipinski definition) is 3. The monoisotopic (exact) mass is 149 g/mol. The summed E-state index contributed by atoms with van der Waals surface area (Å²) in [7, 11) is 0. The summed E-state index contributed by atoms with van der Waals surface area (Å²) >= 11 is 0. The van der Waals surface area contributed by atoms with Gasteiger partial charge in [0.2, 0.25) is 0 Å². The van der Waals surface area contributed by atoms with E-state index in [1.165, 1.54) is 0 Å². The van der Waals surface area contributed by atoms with Gasteiger partial charge in [-0.1, -0.05) is 0 Å². The number of nitrogens with zero attached hydrogens (tertiary/aromatic N) is 2. The van der Waals surface area contributed by atoms with Crippen molar-refractivity contribution in [2.75, 3.05) is 5.73 Å². The molecule has 11 heavy (non-hydrogen) atoms. The number of nitrogens with one attached hydrogen (secondary N) is 2. The highest BCUT2D eigenvalue weighted by Gasteiger charge is 2.04. The summed E-state index contributed by atoms with van der Waals surface area (Å²) in [5.41, 5.74) is 6.91. The molecule has 5 heteroatoms. The number of aromatic amines is 2. The smallest absolute Gasteiger partial charge is 0.157 e. The highest BCUT2D eigenvalue weighted by molar-refractivity contribution is 5.65. The molecule has 0 saturated carbocycles. The van der Waals surface area contributed by atoms with E-state index < -0.39 is 0 Å². The van der Waals surface area contributed by atoms with Crippen LogP contribution in [-0.2, 0) is 0 Å². The minimum Gasteiger partial charge on any atom is -0.396 e. The molecule has 0 unspecified atom stereocenters. The molecule has 0 saturated heterocycles. The minimum atomic E-state index is 0.597. The molecule has 0 bridgehead atoms. The van der Waals surface area contributed by atoms with Gasteiger partial charge in [-0.3, -0.25) is 5.10 Å². The Hall–Kier alpha value is -1.78. The van der Waals surface area contributed by atoms with Gasteiger partial charge >= 0.3 is 0 Å². The summed E-state index contributed by atoms with van der Waals surface area (Å²) in [6.45, 7) is 0. The number of hydrogen-bond acceptors (Lipinski definition) is 3. The van der Waals surface area contributed by atoms with Gasteiger partial charge in [-0.25, -0.2) is 4.98 Å². The fourth-order valence-corrected chi connectivity index (χ4v) is 0.887. The molecule has 2 heterocycles.